The van der Waals surface area contributed by atoms with E-state index in [1.165, 1.54) is 0 Å². The summed E-state index contributed by atoms with van der Waals surface area (Å²) in [5.74, 6) is -0.272. The molecule has 5 nitrogen and oxygen atoms in total. The van der Waals surface area contributed by atoms with E-state index in [0.717, 1.165) is 11.3 Å². The number of amides is 2. The average molecular weight is 267 g/mol. The van der Waals surface area contributed by atoms with Crippen molar-refractivity contribution in [2.75, 3.05) is 16.4 Å². The molecule has 1 aliphatic heterocycles. The van der Waals surface area contributed by atoms with E-state index in [1.807, 2.05) is 0 Å². The number of carbonyl (C=O) groups is 2. The molecule has 0 saturated heterocycles. The molecule has 0 spiro atoms. The summed E-state index contributed by atoms with van der Waals surface area (Å²) in [5, 5.41) is 5.51. The van der Waals surface area contributed by atoms with Crippen LogP contribution in [0.4, 0.5) is 17.1 Å². The molecule has 0 unspecified atom stereocenters. The van der Waals surface area contributed by atoms with Gasteiger partial charge in [-0.05, 0) is 42.0 Å². The van der Waals surface area contributed by atoms with Crippen molar-refractivity contribution < 1.29 is 9.59 Å². The molecule has 4 N–H and O–H groups in total. The molecule has 3 rings (SSSR count). The minimum Gasteiger partial charge on any atom is -0.399 e. The summed E-state index contributed by atoms with van der Waals surface area (Å²) in [5.41, 5.74) is 9.03. The third kappa shape index (κ3) is 2.33. The largest absolute Gasteiger partial charge is 0.399 e. The van der Waals surface area contributed by atoms with Gasteiger partial charge in [0.25, 0.3) is 5.91 Å². The number of fused-ring (bicyclic) bond motifs is 1. The maximum absolute atomic E-state index is 12.1. The van der Waals surface area contributed by atoms with Crippen LogP contribution in [0.2, 0.25) is 0 Å². The van der Waals surface area contributed by atoms with Crippen LogP contribution in [0.25, 0.3) is 0 Å². The molecule has 0 aromatic heterocycles. The van der Waals surface area contributed by atoms with Gasteiger partial charge in [0, 0.05) is 22.6 Å². The van der Waals surface area contributed by atoms with Crippen LogP contribution in [0, 0.1) is 0 Å². The molecule has 0 fully saturated rings. The first kappa shape index (κ1) is 12.2. The van der Waals surface area contributed by atoms with Gasteiger partial charge >= 0.3 is 0 Å². The zero-order valence-electron chi connectivity index (χ0n) is 10.6. The van der Waals surface area contributed by atoms with E-state index in [2.05, 4.69) is 10.6 Å². The molecular formula is C15H13N3O2. The van der Waals surface area contributed by atoms with E-state index in [4.69, 9.17) is 5.73 Å². The minimum atomic E-state index is -0.224. The molecule has 0 radical (unpaired) electrons. The van der Waals surface area contributed by atoms with E-state index in [1.54, 1.807) is 42.5 Å². The molecule has 0 saturated carbocycles. The number of hydrogen-bond acceptors (Lipinski definition) is 3. The number of nitrogens with two attached hydrogens (primary N) is 1. The average Bonchev–Trinajstić information content (AvgIpc) is 2.77. The second-order valence-electron chi connectivity index (χ2n) is 4.68. The number of benzene rings is 2. The van der Waals surface area contributed by atoms with Gasteiger partial charge in [0.2, 0.25) is 5.91 Å². The molecule has 2 aromatic carbocycles. The lowest BCUT2D eigenvalue weighted by molar-refractivity contribution is -0.115. The zero-order chi connectivity index (χ0) is 14.1. The fourth-order valence-electron chi connectivity index (χ4n) is 2.19. The lowest BCUT2D eigenvalue weighted by Gasteiger charge is -2.07. The van der Waals surface area contributed by atoms with E-state index in [0.29, 0.717) is 23.4 Å². The van der Waals surface area contributed by atoms with Crippen molar-refractivity contribution >= 4 is 28.9 Å². The van der Waals surface area contributed by atoms with Gasteiger partial charge in [-0.3, -0.25) is 9.59 Å². The smallest absolute Gasteiger partial charge is 0.255 e. The van der Waals surface area contributed by atoms with Crippen LogP contribution in [0.15, 0.2) is 42.5 Å². The highest BCUT2D eigenvalue weighted by atomic mass is 16.2. The number of nitrogen functional groups attached to an aromatic ring is 1. The van der Waals surface area contributed by atoms with Crippen LogP contribution < -0.4 is 16.4 Å². The second kappa shape index (κ2) is 4.70. The second-order valence-corrected chi connectivity index (χ2v) is 4.68. The Morgan fingerprint density at radius 2 is 2.05 bits per heavy atom. The minimum absolute atomic E-state index is 0.0478. The van der Waals surface area contributed by atoms with Gasteiger partial charge in [-0.2, -0.15) is 0 Å². The molecule has 2 aromatic rings. The van der Waals surface area contributed by atoms with E-state index < -0.39 is 0 Å². The van der Waals surface area contributed by atoms with Crippen molar-refractivity contribution in [2.24, 2.45) is 0 Å². The Hall–Kier alpha value is -2.82. The van der Waals surface area contributed by atoms with Crippen molar-refractivity contribution in [3.63, 3.8) is 0 Å². The Bertz CT molecular complexity index is 710. The van der Waals surface area contributed by atoms with Crippen LogP contribution in [-0.4, -0.2) is 11.8 Å². The Morgan fingerprint density at radius 3 is 2.85 bits per heavy atom. The fourth-order valence-corrected chi connectivity index (χ4v) is 2.19. The Balaban J connectivity index is 1.81. The lowest BCUT2D eigenvalue weighted by atomic mass is 10.1. The van der Waals surface area contributed by atoms with Crippen LogP contribution >= 0.6 is 0 Å². The highest BCUT2D eigenvalue weighted by molar-refractivity contribution is 6.06. The van der Waals surface area contributed by atoms with E-state index >= 15 is 0 Å². The number of anilines is 3. The first-order chi connectivity index (χ1) is 9.61. The quantitative estimate of drug-likeness (QED) is 0.728. The fraction of sp³-hybridized carbons (Fsp3) is 0.0667. The normalized spacial score (nSPS) is 12.7. The molecule has 5 heteroatoms. The van der Waals surface area contributed by atoms with Crippen molar-refractivity contribution in [2.45, 2.75) is 6.42 Å². The lowest BCUT2D eigenvalue weighted by Crippen LogP contribution is -2.12. The summed E-state index contributed by atoms with van der Waals surface area (Å²) in [6, 6.07) is 12.1. The van der Waals surface area contributed by atoms with Gasteiger partial charge in [0.05, 0.1) is 6.42 Å². The summed E-state index contributed by atoms with van der Waals surface area (Å²) >= 11 is 0. The predicted octanol–water partition coefficient (Wildman–Crippen LogP) is 2.02. The molecule has 1 heterocycles. The number of rotatable bonds is 2. The predicted molar refractivity (Wildman–Crippen MR) is 77.6 cm³/mol. The maximum atomic E-state index is 12.1. The molecular weight excluding hydrogens is 254 g/mol. The first-order valence-corrected chi connectivity index (χ1v) is 6.21. The van der Waals surface area contributed by atoms with Crippen molar-refractivity contribution in [1.29, 1.82) is 0 Å². The van der Waals surface area contributed by atoms with Crippen LogP contribution in [0.5, 0.6) is 0 Å². The van der Waals surface area contributed by atoms with Crippen molar-refractivity contribution in [1.82, 2.24) is 0 Å². The van der Waals surface area contributed by atoms with Gasteiger partial charge in [-0.1, -0.05) is 6.07 Å². The SMILES string of the molecule is Nc1cccc(NC(=O)c2ccc3c(c2)CC(=O)N3)c1. The topological polar surface area (TPSA) is 84.2 Å². The third-order valence-electron chi connectivity index (χ3n) is 3.14. The molecule has 0 atom stereocenters. The Kier molecular flexibility index (Phi) is 2.87. The number of nitrogens with one attached hydrogen (secondary N) is 2. The molecule has 2 amide bonds. The van der Waals surface area contributed by atoms with Crippen molar-refractivity contribution in [3.05, 3.63) is 53.6 Å². The van der Waals surface area contributed by atoms with Crippen LogP contribution in [-0.2, 0) is 11.2 Å². The van der Waals surface area contributed by atoms with Gasteiger partial charge in [0.15, 0.2) is 0 Å². The molecule has 1 aliphatic rings. The zero-order valence-corrected chi connectivity index (χ0v) is 10.6. The highest BCUT2D eigenvalue weighted by Gasteiger charge is 2.19. The summed E-state index contributed by atoms with van der Waals surface area (Å²) in [6.07, 6.45) is 0.314. The highest BCUT2D eigenvalue weighted by Crippen LogP contribution is 2.24. The summed E-state index contributed by atoms with van der Waals surface area (Å²) in [7, 11) is 0. The van der Waals surface area contributed by atoms with Gasteiger partial charge in [-0.15, -0.1) is 0 Å². The third-order valence-corrected chi connectivity index (χ3v) is 3.14. The summed E-state index contributed by atoms with van der Waals surface area (Å²) in [4.78, 5) is 23.4. The number of hydrogen-bond donors (Lipinski definition) is 3. The Labute approximate surface area is 115 Å². The number of carbonyl (C=O) groups excluding carboxylic acids is 2. The van der Waals surface area contributed by atoms with Crippen LogP contribution in [0.1, 0.15) is 15.9 Å². The first-order valence-electron chi connectivity index (χ1n) is 6.21. The monoisotopic (exact) mass is 267 g/mol. The van der Waals surface area contributed by atoms with E-state index in [9.17, 15) is 9.59 Å². The van der Waals surface area contributed by atoms with Gasteiger partial charge in [-0.25, -0.2) is 0 Å². The summed E-state index contributed by atoms with van der Waals surface area (Å²) < 4.78 is 0. The molecule has 100 valence electrons. The Morgan fingerprint density at radius 1 is 1.20 bits per heavy atom. The molecule has 0 aliphatic carbocycles. The van der Waals surface area contributed by atoms with E-state index in [-0.39, 0.29) is 11.8 Å². The van der Waals surface area contributed by atoms with Gasteiger partial charge < -0.3 is 16.4 Å². The van der Waals surface area contributed by atoms with Crippen LogP contribution in [0.3, 0.4) is 0 Å². The standard InChI is InChI=1S/C15H13N3O2/c16-11-2-1-3-12(8-11)17-15(20)9-4-5-13-10(6-9)7-14(19)18-13/h1-6,8H,7,16H2,(H,17,20)(H,18,19). The maximum Gasteiger partial charge on any atom is 0.255 e. The van der Waals surface area contributed by atoms with Gasteiger partial charge in [0.1, 0.15) is 0 Å². The van der Waals surface area contributed by atoms with Crippen molar-refractivity contribution in [3.8, 4) is 0 Å². The molecule has 20 heavy (non-hydrogen) atoms. The molecule has 0 bridgehead atoms. The summed E-state index contributed by atoms with van der Waals surface area (Å²) in [6.45, 7) is 0.